The third-order valence-corrected chi connectivity index (χ3v) is 21.7. The lowest BCUT2D eigenvalue weighted by Gasteiger charge is -2.67. The third-order valence-electron chi connectivity index (χ3n) is 21.7. The summed E-state index contributed by atoms with van der Waals surface area (Å²) in [6.45, 7) is 13.9. The Bertz CT molecular complexity index is 4160. The average Bonchev–Trinajstić information content (AvgIpc) is 1.19. The van der Waals surface area contributed by atoms with E-state index in [9.17, 15) is 63.0 Å². The molecule has 9 rings (SSSR count). The molecule has 2 aliphatic heterocycles. The second kappa shape index (κ2) is 35.6. The summed E-state index contributed by atoms with van der Waals surface area (Å²) in [5.41, 5.74) is -2.17. The van der Waals surface area contributed by atoms with Crippen molar-refractivity contribution in [1.29, 1.82) is 0 Å². The number of nitrogens with zero attached hydrogens (tertiary/aromatic N) is 2. The van der Waals surface area contributed by atoms with E-state index in [1.165, 1.54) is 78.2 Å². The molecule has 598 valence electrons. The number of aliphatic hydroxyl groups is 2. The molecule has 0 radical (unpaired) electrons. The number of ketones is 2. The van der Waals surface area contributed by atoms with Gasteiger partial charge in [0.1, 0.15) is 60.9 Å². The Morgan fingerprint density at radius 3 is 1.90 bits per heavy atom. The molecular weight excluding hydrogens is 1440 g/mol. The van der Waals surface area contributed by atoms with E-state index in [2.05, 4.69) is 26.6 Å². The molecule has 4 aromatic carbocycles. The summed E-state index contributed by atoms with van der Waals surface area (Å²) in [4.78, 5) is 183. The Kier molecular flexibility index (Phi) is 27.1. The van der Waals surface area contributed by atoms with Gasteiger partial charge in [-0.25, -0.2) is 24.0 Å². The molecule has 0 spiro atoms. The number of esters is 4. The maximum atomic E-state index is 16.0. The van der Waals surface area contributed by atoms with Crippen LogP contribution in [0.15, 0.2) is 126 Å². The standard InChI is InChI=1S/C80H100N8O23/c1-43(2)60(85-70(96)55-35-34-54(107-55)62(92)44(3)4)71(97)84-53(29-22-36-82-74(81)100)69(95)83-52-32-30-48(31-33-52)41-104-75(101)87(11)37-38-88(12)76(102)109-64(61(49-23-16-13-17-24-49)86-68(94)50-25-18-14-19-26-50)73(99)108-56-40-80(103)67(110-72(98)51-27-20-15-21-28-51)65-78(10,57(91)39-58-79(65,42-105-58)111-47(7)90)66(93)63(106-46(6)89)59(45(56)5)77(80,8)9/h13-21,23-28,30-33,43-44,53-58,60-61,63-65,67,91,103H,22,29,34-42H2,1-12H3,(H,83,95)(H,84,97)(H,85,96)(H,86,94)(H3,81,82,100)/t53-,54?,55?,56-,57-,58+,60-,61-,63+,64+,65-,67-,78+,79-,80+/m0/s1. The number of nitrogens with two attached hydrogens (primary N) is 1. The van der Waals surface area contributed by atoms with E-state index in [0.717, 1.165) is 23.6 Å². The number of urea groups is 1. The van der Waals surface area contributed by atoms with Crippen LogP contribution < -0.4 is 32.3 Å². The highest BCUT2D eigenvalue weighted by atomic mass is 16.6. The predicted molar refractivity (Wildman–Crippen MR) is 396 cm³/mol. The van der Waals surface area contributed by atoms with Crippen LogP contribution in [0, 0.1) is 28.6 Å². The van der Waals surface area contributed by atoms with Crippen molar-refractivity contribution in [1.82, 2.24) is 31.1 Å². The monoisotopic (exact) mass is 1540 g/mol. The highest BCUT2D eigenvalue weighted by Gasteiger charge is 2.78. The first-order valence-electron chi connectivity index (χ1n) is 37.0. The lowest BCUT2D eigenvalue weighted by molar-refractivity contribution is -0.346. The summed E-state index contributed by atoms with van der Waals surface area (Å²) in [6, 6.07) is 25.1. The molecule has 9 N–H and O–H groups in total. The van der Waals surface area contributed by atoms with Gasteiger partial charge in [-0.1, -0.05) is 120 Å². The van der Waals surface area contributed by atoms with Crippen LogP contribution in [0.4, 0.5) is 20.1 Å². The number of carbonyl (C=O) groups is 13. The molecule has 2 saturated heterocycles. The Hall–Kier alpha value is -10.6. The van der Waals surface area contributed by atoms with Gasteiger partial charge in [0.15, 0.2) is 23.3 Å². The molecule has 8 amide bonds. The van der Waals surface area contributed by atoms with Gasteiger partial charge in [-0.3, -0.25) is 38.4 Å². The fraction of sp³-hybridized carbons (Fsp3) is 0.512. The molecule has 5 aliphatic rings. The molecule has 111 heavy (non-hydrogen) atoms. The van der Waals surface area contributed by atoms with Crippen molar-refractivity contribution in [2.24, 2.45) is 34.3 Å². The van der Waals surface area contributed by atoms with Gasteiger partial charge in [-0.15, -0.1) is 0 Å². The number of carbonyl (C=O) groups excluding carboxylic acids is 13. The van der Waals surface area contributed by atoms with Gasteiger partial charge >= 0.3 is 42.1 Å². The summed E-state index contributed by atoms with van der Waals surface area (Å²) in [5, 5.41) is 40.1. The second-order valence-electron chi connectivity index (χ2n) is 30.3. The quantitative estimate of drug-likeness (QED) is 0.0136. The van der Waals surface area contributed by atoms with Crippen molar-refractivity contribution < 1.29 is 110 Å². The van der Waals surface area contributed by atoms with E-state index in [4.69, 9.17) is 43.6 Å². The molecule has 2 saturated carbocycles. The largest absolute Gasteiger partial charge is 0.455 e. The zero-order valence-electron chi connectivity index (χ0n) is 64.3. The van der Waals surface area contributed by atoms with Gasteiger partial charge in [-0.05, 0) is 104 Å². The van der Waals surface area contributed by atoms with Gasteiger partial charge < -0.3 is 90.2 Å². The molecule has 2 bridgehead atoms. The van der Waals surface area contributed by atoms with Crippen molar-refractivity contribution in [3.63, 3.8) is 0 Å². The first-order valence-corrected chi connectivity index (χ1v) is 37.0. The topological polar surface area (TPSA) is 429 Å². The highest BCUT2D eigenvalue weighted by Crippen LogP contribution is 2.64. The Balaban J connectivity index is 0.932. The lowest BCUT2D eigenvalue weighted by atomic mass is 9.44. The Morgan fingerprint density at radius 1 is 0.721 bits per heavy atom. The zero-order valence-corrected chi connectivity index (χ0v) is 64.3. The fourth-order valence-electron chi connectivity index (χ4n) is 15.4. The normalized spacial score (nSPS) is 25.3. The van der Waals surface area contributed by atoms with Crippen molar-refractivity contribution in [3.05, 3.63) is 149 Å². The van der Waals surface area contributed by atoms with Crippen LogP contribution in [0.2, 0.25) is 0 Å². The van der Waals surface area contributed by atoms with Crippen LogP contribution in [-0.2, 0) is 82.9 Å². The lowest BCUT2D eigenvalue weighted by Crippen LogP contribution is -2.82. The number of primary amides is 1. The molecule has 31 nitrogen and oxygen atoms in total. The number of aliphatic hydroxyl groups excluding tert-OH is 1. The first-order chi connectivity index (χ1) is 52.4. The number of fused-ring (bicyclic) bond motifs is 5. The minimum atomic E-state index is -2.57. The van der Waals surface area contributed by atoms with E-state index in [1.54, 1.807) is 107 Å². The summed E-state index contributed by atoms with van der Waals surface area (Å²) >= 11 is 0. The molecule has 2 unspecified atom stereocenters. The van der Waals surface area contributed by atoms with Crippen LogP contribution in [0.3, 0.4) is 0 Å². The number of benzene rings is 4. The van der Waals surface area contributed by atoms with Crippen LogP contribution in [0.1, 0.15) is 146 Å². The van der Waals surface area contributed by atoms with Crippen LogP contribution >= 0.6 is 0 Å². The van der Waals surface area contributed by atoms with E-state index in [-0.39, 0.29) is 97.1 Å². The van der Waals surface area contributed by atoms with Gasteiger partial charge in [0, 0.05) is 83.0 Å². The number of likely N-dealkylation sites (N-methyl/N-ethyl adjacent to an activating group) is 2. The van der Waals surface area contributed by atoms with E-state index in [1.807, 2.05) is 0 Å². The Labute approximate surface area is 643 Å². The van der Waals surface area contributed by atoms with Crippen LogP contribution in [0.25, 0.3) is 0 Å². The van der Waals surface area contributed by atoms with Gasteiger partial charge in [0.2, 0.25) is 23.8 Å². The maximum absolute atomic E-state index is 16.0. The number of nitrogens with one attached hydrogen (secondary N) is 5. The van der Waals surface area contributed by atoms with Crippen molar-refractivity contribution in [2.75, 3.05) is 45.7 Å². The molecule has 4 fully saturated rings. The average molecular weight is 1540 g/mol. The minimum Gasteiger partial charge on any atom is -0.455 e. The number of amides is 8. The fourth-order valence-corrected chi connectivity index (χ4v) is 15.4. The zero-order chi connectivity index (χ0) is 81.2. The molecule has 3 aliphatic carbocycles. The smallest absolute Gasteiger partial charge is 0.410 e. The summed E-state index contributed by atoms with van der Waals surface area (Å²) in [5.74, 6) is -10.3. The Morgan fingerprint density at radius 2 is 1.32 bits per heavy atom. The molecule has 0 aromatic heterocycles. The number of hydrogen-bond acceptors (Lipinski definition) is 23. The number of anilines is 1. The van der Waals surface area contributed by atoms with E-state index >= 15 is 9.59 Å². The van der Waals surface area contributed by atoms with Crippen molar-refractivity contribution in [3.8, 4) is 0 Å². The number of hydrogen-bond donors (Lipinski definition) is 8. The minimum absolute atomic E-state index is 0.00633. The van der Waals surface area contributed by atoms with Crippen LogP contribution in [-0.4, -0.2) is 210 Å². The molecule has 4 aromatic rings. The van der Waals surface area contributed by atoms with E-state index < -0.39 is 185 Å². The van der Waals surface area contributed by atoms with Gasteiger partial charge in [0.05, 0.1) is 29.6 Å². The summed E-state index contributed by atoms with van der Waals surface area (Å²) in [6.07, 6.45) is -14.4. The number of rotatable bonds is 29. The van der Waals surface area contributed by atoms with Gasteiger partial charge in [0.25, 0.3) is 5.91 Å². The van der Waals surface area contributed by atoms with Crippen molar-refractivity contribution in [2.45, 2.75) is 193 Å². The third kappa shape index (κ3) is 18.7. The van der Waals surface area contributed by atoms with Gasteiger partial charge in [-0.2, -0.15) is 0 Å². The molecule has 2 heterocycles. The molecule has 31 heteroatoms. The summed E-state index contributed by atoms with van der Waals surface area (Å²) < 4.78 is 48.7. The first kappa shape index (κ1) is 84.4. The van der Waals surface area contributed by atoms with Crippen molar-refractivity contribution >= 4 is 83.0 Å². The van der Waals surface area contributed by atoms with E-state index in [0.29, 0.717) is 12.0 Å². The molecule has 15 atom stereocenters. The second-order valence-corrected chi connectivity index (χ2v) is 30.3. The highest BCUT2D eigenvalue weighted by molar-refractivity contribution is 6.00. The number of ether oxygens (including phenoxy) is 8. The molecular formula is C80H100N8O23. The summed E-state index contributed by atoms with van der Waals surface area (Å²) in [7, 11) is 2.71. The predicted octanol–water partition coefficient (Wildman–Crippen LogP) is 5.87. The number of Topliss-reactive ketones (excluding diaryl/α,β-unsaturated/α-hetero) is 2. The van der Waals surface area contributed by atoms with Crippen LogP contribution in [0.5, 0.6) is 0 Å². The SMILES string of the molecule is CC(=O)O[C@H]1C(=O)[C@@]2(C)[C@H]([C@H](OC(=O)c3ccccc3)[C@]3(O)C[C@H](OC(=O)[C@H](OC(=O)N(C)CCN(C)C(=O)OCc4ccc(NC(=O)[C@H](CCCNC(N)=O)NC(=O)[C@@H](NC(=O)C5CCC(C(=O)C(C)C)O5)C(C)C)cc4)[C@@H](NC(=O)c4ccccc4)c4ccccc4)C(C)=C1C3(C)C)[C@]1(OC(C)=O)CO[C@@H]1C[C@@H]2O. The maximum Gasteiger partial charge on any atom is 0.410 e.